The van der Waals surface area contributed by atoms with E-state index in [4.69, 9.17) is 5.11 Å². The number of hydrogen-bond acceptors (Lipinski definition) is 1. The highest BCUT2D eigenvalue weighted by Gasteiger charge is 2.17. The van der Waals surface area contributed by atoms with Gasteiger partial charge < -0.3 is 29.1 Å². The zero-order valence-electron chi connectivity index (χ0n) is 6.94. The number of nitrogens with zero attached hydrogens (tertiary/aromatic N) is 2. The van der Waals surface area contributed by atoms with Gasteiger partial charge in [0.1, 0.15) is 12.4 Å². The van der Waals surface area contributed by atoms with E-state index in [2.05, 4.69) is 0 Å². The first kappa shape index (κ1) is 11.4. The van der Waals surface area contributed by atoms with E-state index in [0.29, 0.717) is 0 Å². The maximum atomic E-state index is 10.5. The Morgan fingerprint density at radius 1 is 1.67 bits per heavy atom. The first-order chi connectivity index (χ1) is 5.11. The third-order valence-electron chi connectivity index (χ3n) is 1.59. The van der Waals surface area contributed by atoms with E-state index in [9.17, 15) is 4.79 Å². The average Bonchev–Trinajstić information content (AvgIpc) is 2.34. The average molecular weight is 282 g/mol. The van der Waals surface area contributed by atoms with Crippen molar-refractivity contribution in [2.24, 2.45) is 7.05 Å². The topological polar surface area (TPSA) is 46.1 Å². The van der Waals surface area contributed by atoms with E-state index in [0.717, 1.165) is 0 Å². The Kier molecular flexibility index (Phi) is 4.22. The molecule has 0 aromatic carbocycles. The van der Waals surface area contributed by atoms with Gasteiger partial charge in [-0.2, -0.15) is 0 Å². The largest absolute Gasteiger partial charge is 1.00 e. The molecular weight excluding hydrogens is 271 g/mol. The predicted molar refractivity (Wildman–Crippen MR) is 38.0 cm³/mol. The van der Waals surface area contributed by atoms with Crippen molar-refractivity contribution in [3.63, 3.8) is 0 Å². The predicted octanol–water partition coefficient (Wildman–Crippen LogP) is -3.04. The summed E-state index contributed by atoms with van der Waals surface area (Å²) in [6.45, 7) is 1.64. The number of aliphatic carboxylic acids is 1. The Morgan fingerprint density at radius 2 is 2.25 bits per heavy atom. The molecular formula is C7H11IN2O2. The number of imidazole rings is 1. The van der Waals surface area contributed by atoms with Crippen molar-refractivity contribution in [1.82, 2.24) is 4.57 Å². The standard InChI is InChI=1S/C7H10N2O2.HI/c1-6(7(10)11)9-4-3-8(2)5-9;/h3-6H,1-2H3;1H. The molecule has 12 heavy (non-hydrogen) atoms. The Hall–Kier alpha value is -0.590. The van der Waals surface area contributed by atoms with Crippen molar-refractivity contribution in [2.75, 3.05) is 0 Å². The smallest absolute Gasteiger partial charge is 0.349 e. The zero-order chi connectivity index (χ0) is 8.43. The summed E-state index contributed by atoms with van der Waals surface area (Å²) in [5.41, 5.74) is 0. The van der Waals surface area contributed by atoms with E-state index in [-0.39, 0.29) is 24.0 Å². The van der Waals surface area contributed by atoms with Gasteiger partial charge in [0.05, 0.1) is 7.05 Å². The summed E-state index contributed by atoms with van der Waals surface area (Å²) in [5.74, 6) is -0.818. The highest BCUT2D eigenvalue weighted by molar-refractivity contribution is 5.71. The van der Waals surface area contributed by atoms with Crippen LogP contribution in [0, 0.1) is 0 Å². The molecule has 1 aromatic heterocycles. The molecule has 1 unspecified atom stereocenters. The summed E-state index contributed by atoms with van der Waals surface area (Å²) in [4.78, 5) is 10.5. The monoisotopic (exact) mass is 282 g/mol. The second-order valence-corrected chi connectivity index (χ2v) is 2.54. The molecule has 5 heteroatoms. The molecule has 1 atom stereocenters. The first-order valence-electron chi connectivity index (χ1n) is 3.37. The summed E-state index contributed by atoms with van der Waals surface area (Å²) in [5, 5.41) is 8.61. The molecule has 1 aromatic rings. The van der Waals surface area contributed by atoms with Gasteiger partial charge in [-0.25, -0.2) is 13.9 Å². The molecule has 0 amide bonds. The van der Waals surface area contributed by atoms with Gasteiger partial charge in [0.15, 0.2) is 6.04 Å². The van der Waals surface area contributed by atoms with Crippen LogP contribution in [0.5, 0.6) is 0 Å². The van der Waals surface area contributed by atoms with Crippen LogP contribution in [0.25, 0.3) is 0 Å². The molecule has 1 rings (SSSR count). The molecule has 0 bridgehead atoms. The lowest BCUT2D eigenvalue weighted by Gasteiger charge is -1.98. The van der Waals surface area contributed by atoms with Crippen LogP contribution in [0.15, 0.2) is 18.7 Å². The van der Waals surface area contributed by atoms with Crippen molar-refractivity contribution in [3.8, 4) is 0 Å². The summed E-state index contributed by atoms with van der Waals surface area (Å²) in [6, 6.07) is -0.490. The van der Waals surface area contributed by atoms with E-state index >= 15 is 0 Å². The minimum atomic E-state index is -0.818. The van der Waals surface area contributed by atoms with Crippen LogP contribution in [0.3, 0.4) is 0 Å². The van der Waals surface area contributed by atoms with Crippen molar-refractivity contribution in [2.45, 2.75) is 13.0 Å². The fraction of sp³-hybridized carbons (Fsp3) is 0.429. The quantitative estimate of drug-likeness (QED) is 0.463. The van der Waals surface area contributed by atoms with Crippen LogP contribution >= 0.6 is 0 Å². The normalized spacial score (nSPS) is 11.8. The highest BCUT2D eigenvalue weighted by atomic mass is 127. The molecule has 0 saturated heterocycles. The fourth-order valence-corrected chi connectivity index (χ4v) is 0.826. The Bertz CT molecular complexity index is 272. The molecule has 0 aliphatic carbocycles. The SMILES string of the molecule is CC(C(=O)O)n1cc[n+](C)c1.[I-]. The molecule has 0 aliphatic heterocycles. The Balaban J connectivity index is 0.00000121. The summed E-state index contributed by atoms with van der Waals surface area (Å²) in [6.07, 6.45) is 5.27. The van der Waals surface area contributed by atoms with E-state index in [1.807, 2.05) is 7.05 Å². The van der Waals surface area contributed by atoms with Crippen molar-refractivity contribution in [1.29, 1.82) is 0 Å². The minimum absolute atomic E-state index is 0. The Labute approximate surface area is 87.8 Å². The fourth-order valence-electron chi connectivity index (χ4n) is 0.826. The van der Waals surface area contributed by atoms with Gasteiger partial charge in [0.25, 0.3) is 0 Å². The van der Waals surface area contributed by atoms with Crippen molar-refractivity contribution in [3.05, 3.63) is 18.7 Å². The molecule has 0 saturated carbocycles. The molecule has 68 valence electrons. The number of aromatic nitrogens is 2. The second kappa shape index (κ2) is 4.44. The third-order valence-corrected chi connectivity index (χ3v) is 1.59. The van der Waals surface area contributed by atoms with Gasteiger partial charge in [-0.05, 0) is 6.92 Å². The van der Waals surface area contributed by atoms with Gasteiger partial charge in [0.2, 0.25) is 6.33 Å². The lowest BCUT2D eigenvalue weighted by atomic mass is 10.3. The number of aryl methyl sites for hydroxylation is 1. The maximum absolute atomic E-state index is 10.5. The number of carboxylic acids is 1. The van der Waals surface area contributed by atoms with Gasteiger partial charge >= 0.3 is 5.97 Å². The molecule has 0 aliphatic rings. The van der Waals surface area contributed by atoms with E-state index in [1.54, 1.807) is 34.8 Å². The van der Waals surface area contributed by atoms with Crippen LogP contribution in [-0.4, -0.2) is 15.6 Å². The number of hydrogen-bond donors (Lipinski definition) is 1. The summed E-state index contributed by atoms with van der Waals surface area (Å²) >= 11 is 0. The number of halogens is 1. The molecule has 0 spiro atoms. The summed E-state index contributed by atoms with van der Waals surface area (Å²) in [7, 11) is 1.85. The number of carbonyl (C=O) groups is 1. The summed E-state index contributed by atoms with van der Waals surface area (Å²) < 4.78 is 3.45. The molecule has 1 N–H and O–H groups in total. The molecule has 0 fully saturated rings. The lowest BCUT2D eigenvalue weighted by molar-refractivity contribution is -0.671. The van der Waals surface area contributed by atoms with Gasteiger partial charge in [-0.1, -0.05) is 0 Å². The van der Waals surface area contributed by atoms with Gasteiger partial charge in [-0.3, -0.25) is 0 Å². The second-order valence-electron chi connectivity index (χ2n) is 2.54. The van der Waals surface area contributed by atoms with Crippen LogP contribution in [0.2, 0.25) is 0 Å². The van der Waals surface area contributed by atoms with Crippen LogP contribution < -0.4 is 28.5 Å². The van der Waals surface area contributed by atoms with Crippen LogP contribution in [0.4, 0.5) is 0 Å². The molecule has 0 radical (unpaired) electrons. The van der Waals surface area contributed by atoms with Crippen LogP contribution in [-0.2, 0) is 11.8 Å². The van der Waals surface area contributed by atoms with Crippen molar-refractivity contribution >= 4 is 5.97 Å². The van der Waals surface area contributed by atoms with Gasteiger partial charge in [-0.15, -0.1) is 0 Å². The molecule has 1 heterocycles. The number of rotatable bonds is 2. The van der Waals surface area contributed by atoms with Crippen molar-refractivity contribution < 1.29 is 38.4 Å². The van der Waals surface area contributed by atoms with E-state index < -0.39 is 12.0 Å². The first-order valence-corrected chi connectivity index (χ1v) is 3.37. The van der Waals surface area contributed by atoms with Crippen LogP contribution in [0.1, 0.15) is 13.0 Å². The molecule has 4 nitrogen and oxygen atoms in total. The van der Waals surface area contributed by atoms with E-state index in [1.165, 1.54) is 0 Å². The highest BCUT2D eigenvalue weighted by Crippen LogP contribution is 2.01. The minimum Gasteiger partial charge on any atom is -1.00 e. The maximum Gasteiger partial charge on any atom is 0.349 e. The van der Waals surface area contributed by atoms with Gasteiger partial charge in [0, 0.05) is 0 Å². The zero-order valence-corrected chi connectivity index (χ0v) is 9.09. The third kappa shape index (κ3) is 2.47. The lowest BCUT2D eigenvalue weighted by Crippen LogP contribution is -3.00. The number of carboxylic acid groups (broad SMARTS) is 1. The Morgan fingerprint density at radius 3 is 2.58 bits per heavy atom.